The normalized spacial score (nSPS) is 12.6. The highest BCUT2D eigenvalue weighted by atomic mass is 32.1. The van der Waals surface area contributed by atoms with Gasteiger partial charge in [0.05, 0.1) is 29.4 Å². The maximum atomic E-state index is 12.9. The molecule has 1 aromatic carbocycles. The van der Waals surface area contributed by atoms with Crippen LogP contribution in [0.25, 0.3) is 10.2 Å². The largest absolute Gasteiger partial charge is 0.468 e. The SMILES string of the molecule is COC(=O)/C(=N\NC(C)(C)C)[C@@H](C(=O)OC)C(=O)C(=O)Nc1nc2ccc([N+](=O)[O-])cc2s1. The zero-order valence-corrected chi connectivity index (χ0v) is 19.1. The van der Waals surface area contributed by atoms with E-state index in [1.807, 2.05) is 0 Å². The van der Waals surface area contributed by atoms with Crippen LogP contribution in [0.15, 0.2) is 23.3 Å². The van der Waals surface area contributed by atoms with Crippen molar-refractivity contribution in [1.29, 1.82) is 0 Å². The third-order valence-electron chi connectivity index (χ3n) is 3.91. The van der Waals surface area contributed by atoms with Gasteiger partial charge >= 0.3 is 11.9 Å². The number of hydrogen-bond acceptors (Lipinski definition) is 12. The van der Waals surface area contributed by atoms with Gasteiger partial charge in [0.1, 0.15) is 0 Å². The van der Waals surface area contributed by atoms with E-state index in [9.17, 15) is 29.3 Å². The maximum Gasteiger partial charge on any atom is 0.355 e. The summed E-state index contributed by atoms with van der Waals surface area (Å²) >= 11 is 0.883. The molecule has 13 nitrogen and oxygen atoms in total. The average molecular weight is 479 g/mol. The lowest BCUT2D eigenvalue weighted by molar-refractivity contribution is -0.384. The van der Waals surface area contributed by atoms with Gasteiger partial charge in [0.25, 0.3) is 11.6 Å². The van der Waals surface area contributed by atoms with Gasteiger partial charge in [-0.05, 0) is 26.8 Å². The summed E-state index contributed by atoms with van der Waals surface area (Å²) in [4.78, 5) is 64.4. The Kier molecular flexibility index (Phi) is 7.76. The van der Waals surface area contributed by atoms with Crippen molar-refractivity contribution < 1.29 is 33.6 Å². The molecule has 1 amide bonds. The first-order chi connectivity index (χ1) is 15.4. The van der Waals surface area contributed by atoms with Gasteiger partial charge in [-0.2, -0.15) is 5.10 Å². The highest BCUT2D eigenvalue weighted by Crippen LogP contribution is 2.29. The van der Waals surface area contributed by atoms with Crippen molar-refractivity contribution in [2.45, 2.75) is 26.3 Å². The summed E-state index contributed by atoms with van der Waals surface area (Å²) < 4.78 is 9.59. The summed E-state index contributed by atoms with van der Waals surface area (Å²) in [5, 5.41) is 16.9. The van der Waals surface area contributed by atoms with Gasteiger partial charge in [-0.3, -0.25) is 29.8 Å². The van der Waals surface area contributed by atoms with Gasteiger partial charge in [0.15, 0.2) is 16.8 Å². The predicted molar refractivity (Wildman–Crippen MR) is 118 cm³/mol. The Morgan fingerprint density at radius 3 is 2.39 bits per heavy atom. The lowest BCUT2D eigenvalue weighted by Crippen LogP contribution is -2.45. The lowest BCUT2D eigenvalue weighted by atomic mass is 9.97. The average Bonchev–Trinajstić information content (AvgIpc) is 3.15. The maximum absolute atomic E-state index is 12.9. The first-order valence-corrected chi connectivity index (χ1v) is 10.1. The van der Waals surface area contributed by atoms with Gasteiger partial charge < -0.3 is 14.9 Å². The number of hydrogen-bond donors (Lipinski definition) is 2. The molecule has 0 aliphatic heterocycles. The number of nitro benzene ring substituents is 1. The third kappa shape index (κ3) is 6.29. The van der Waals surface area contributed by atoms with E-state index in [1.165, 1.54) is 18.2 Å². The van der Waals surface area contributed by atoms with E-state index in [2.05, 4.69) is 30.3 Å². The van der Waals surface area contributed by atoms with Crippen molar-refractivity contribution in [1.82, 2.24) is 10.4 Å². The van der Waals surface area contributed by atoms with E-state index in [0.717, 1.165) is 25.6 Å². The molecule has 0 aliphatic rings. The smallest absolute Gasteiger partial charge is 0.355 e. The van der Waals surface area contributed by atoms with Crippen LogP contribution in [0.4, 0.5) is 10.8 Å². The zero-order chi connectivity index (χ0) is 24.9. The van der Waals surface area contributed by atoms with Crippen molar-refractivity contribution in [2.24, 2.45) is 11.0 Å². The van der Waals surface area contributed by atoms with E-state index in [0.29, 0.717) is 10.2 Å². The first kappa shape index (κ1) is 25.3. The number of anilines is 1. The molecule has 2 rings (SSSR count). The number of aromatic nitrogens is 1. The minimum atomic E-state index is -2.01. The van der Waals surface area contributed by atoms with Crippen LogP contribution in [0, 0.1) is 16.0 Å². The molecule has 0 radical (unpaired) electrons. The molecule has 2 aromatic rings. The number of nitrogens with zero attached hydrogens (tertiary/aromatic N) is 3. The Bertz CT molecular complexity index is 1150. The number of ether oxygens (including phenoxy) is 2. The Morgan fingerprint density at radius 1 is 1.18 bits per heavy atom. The molecule has 0 spiro atoms. The number of fused-ring (bicyclic) bond motifs is 1. The Morgan fingerprint density at radius 2 is 1.85 bits per heavy atom. The number of nitrogens with one attached hydrogen (secondary N) is 2. The van der Waals surface area contributed by atoms with Crippen LogP contribution < -0.4 is 10.7 Å². The number of carbonyl (C=O) groups excluding carboxylic acids is 4. The van der Waals surface area contributed by atoms with Crippen LogP contribution in [0.5, 0.6) is 0 Å². The van der Waals surface area contributed by atoms with Crippen molar-refractivity contribution in [3.8, 4) is 0 Å². The van der Waals surface area contributed by atoms with Crippen molar-refractivity contribution in [3.05, 3.63) is 28.3 Å². The first-order valence-electron chi connectivity index (χ1n) is 9.29. The van der Waals surface area contributed by atoms with Crippen molar-refractivity contribution >= 4 is 61.7 Å². The Balaban J connectivity index is 2.37. The molecule has 0 saturated heterocycles. The van der Waals surface area contributed by atoms with E-state index in [-0.39, 0.29) is 10.8 Å². The monoisotopic (exact) mass is 479 g/mol. The molecule has 176 valence electrons. The number of methoxy groups -OCH3 is 2. The summed E-state index contributed by atoms with van der Waals surface area (Å²) in [7, 11) is 2.00. The number of amides is 1. The molecule has 2 N–H and O–H groups in total. The Hall–Kier alpha value is -3.94. The molecule has 1 heterocycles. The van der Waals surface area contributed by atoms with E-state index in [1.54, 1.807) is 20.8 Å². The highest BCUT2D eigenvalue weighted by Gasteiger charge is 2.41. The molecule has 14 heteroatoms. The fourth-order valence-electron chi connectivity index (χ4n) is 2.39. The molecular weight excluding hydrogens is 458 g/mol. The number of non-ortho nitro benzene ring substituents is 1. The number of esters is 2. The summed E-state index contributed by atoms with van der Waals surface area (Å²) in [6.45, 7) is 5.14. The molecule has 0 bridgehead atoms. The number of thiazole rings is 1. The zero-order valence-electron chi connectivity index (χ0n) is 18.3. The van der Waals surface area contributed by atoms with E-state index in [4.69, 9.17) is 0 Å². The highest BCUT2D eigenvalue weighted by molar-refractivity contribution is 7.22. The summed E-state index contributed by atoms with van der Waals surface area (Å²) in [6, 6.07) is 3.90. The second kappa shape index (κ2) is 10.1. The molecular formula is C19H21N5O8S. The number of ketones is 1. The molecule has 33 heavy (non-hydrogen) atoms. The summed E-state index contributed by atoms with van der Waals surface area (Å²) in [5.41, 5.74) is 1.47. The quantitative estimate of drug-likeness (QED) is 0.140. The molecule has 0 aliphatic carbocycles. The summed E-state index contributed by atoms with van der Waals surface area (Å²) in [5.74, 6) is -6.93. The number of hydrazone groups is 1. The molecule has 1 atom stereocenters. The van der Waals surface area contributed by atoms with Crippen LogP contribution in [-0.2, 0) is 28.7 Å². The van der Waals surface area contributed by atoms with Crippen LogP contribution in [-0.4, -0.2) is 59.0 Å². The van der Waals surface area contributed by atoms with Gasteiger partial charge in [0.2, 0.25) is 5.78 Å². The van der Waals surface area contributed by atoms with Gasteiger partial charge in [-0.25, -0.2) is 9.78 Å². The molecule has 0 unspecified atom stereocenters. The Labute approximate surface area is 191 Å². The van der Waals surface area contributed by atoms with Gasteiger partial charge in [-0.15, -0.1) is 0 Å². The van der Waals surface area contributed by atoms with Crippen LogP contribution in [0.3, 0.4) is 0 Å². The van der Waals surface area contributed by atoms with E-state index >= 15 is 0 Å². The standard InChI is InChI=1S/C19H21N5O8S/c1-19(2,3)23-22-13(17(28)32-5)12(16(27)31-4)14(25)15(26)21-18-20-10-7-6-9(24(29)30)8-11(10)33-18/h6-8,12,23H,1-5H3,(H,20,21,26)/b22-13-/t12-/m1/s1. The second-order valence-electron chi connectivity index (χ2n) is 7.55. The number of benzene rings is 1. The minimum absolute atomic E-state index is 0.0446. The fourth-order valence-corrected chi connectivity index (χ4v) is 3.29. The van der Waals surface area contributed by atoms with Gasteiger partial charge in [0, 0.05) is 17.7 Å². The molecule has 0 fully saturated rings. The number of carbonyl (C=O) groups is 4. The van der Waals surface area contributed by atoms with Crippen molar-refractivity contribution in [3.63, 3.8) is 0 Å². The number of rotatable bonds is 8. The van der Waals surface area contributed by atoms with Gasteiger partial charge in [-0.1, -0.05) is 11.3 Å². The van der Waals surface area contributed by atoms with Crippen molar-refractivity contribution in [2.75, 3.05) is 19.5 Å². The lowest BCUT2D eigenvalue weighted by Gasteiger charge is -2.20. The van der Waals surface area contributed by atoms with Crippen LogP contribution in [0.2, 0.25) is 0 Å². The fraction of sp³-hybridized carbons (Fsp3) is 0.368. The van der Waals surface area contributed by atoms with E-state index < -0.39 is 45.7 Å². The predicted octanol–water partition coefficient (Wildman–Crippen LogP) is 1.42. The third-order valence-corrected chi connectivity index (χ3v) is 4.84. The van der Waals surface area contributed by atoms with Crippen LogP contribution in [0.1, 0.15) is 20.8 Å². The number of Topliss-reactive ketones (excluding diaryl/α,β-unsaturated/α-hetero) is 1. The van der Waals surface area contributed by atoms with Crippen LogP contribution >= 0.6 is 11.3 Å². The molecule has 1 aromatic heterocycles. The molecule has 0 saturated carbocycles. The summed E-state index contributed by atoms with van der Waals surface area (Å²) in [6.07, 6.45) is 0. The topological polar surface area (TPSA) is 179 Å². The second-order valence-corrected chi connectivity index (χ2v) is 8.58. The number of nitro groups is 1. The minimum Gasteiger partial charge on any atom is -0.468 e.